The molecular weight excluding hydrogens is 286 g/mol. The second kappa shape index (κ2) is 5.57. The highest BCUT2D eigenvalue weighted by Gasteiger charge is 2.07. The normalized spacial score (nSPS) is 10.9. The van der Waals surface area contributed by atoms with E-state index in [1.807, 2.05) is 25.1 Å². The summed E-state index contributed by atoms with van der Waals surface area (Å²) in [5, 5.41) is 0.674. The molecule has 6 heteroatoms. The van der Waals surface area contributed by atoms with Gasteiger partial charge in [0.25, 0.3) is 5.56 Å². The van der Waals surface area contributed by atoms with Crippen LogP contribution < -0.4 is 16.0 Å². The van der Waals surface area contributed by atoms with E-state index in [1.54, 1.807) is 23.0 Å². The zero-order chi connectivity index (χ0) is 14.8. The van der Waals surface area contributed by atoms with Crippen LogP contribution in [0.25, 0.3) is 10.2 Å². The zero-order valence-corrected chi connectivity index (χ0v) is 12.4. The van der Waals surface area contributed by atoms with E-state index in [4.69, 9.17) is 10.5 Å². The Morgan fingerprint density at radius 1 is 1.33 bits per heavy atom. The fourth-order valence-corrected chi connectivity index (χ4v) is 2.90. The summed E-state index contributed by atoms with van der Waals surface area (Å²) >= 11 is 1.53. The Kier molecular flexibility index (Phi) is 3.62. The quantitative estimate of drug-likeness (QED) is 0.751. The molecule has 0 saturated heterocycles. The maximum absolute atomic E-state index is 12.3. The van der Waals surface area contributed by atoms with Gasteiger partial charge < -0.3 is 10.5 Å². The minimum Gasteiger partial charge on any atom is -0.492 e. The van der Waals surface area contributed by atoms with E-state index in [1.165, 1.54) is 11.3 Å². The lowest BCUT2D eigenvalue weighted by atomic mass is 10.3. The first-order valence-corrected chi connectivity index (χ1v) is 7.39. The van der Waals surface area contributed by atoms with Gasteiger partial charge in [0.2, 0.25) is 0 Å². The fraction of sp³-hybridized carbons (Fsp3) is 0.200. The zero-order valence-electron chi connectivity index (χ0n) is 11.6. The third-order valence-corrected chi connectivity index (χ3v) is 4.08. The molecule has 1 aromatic carbocycles. The third kappa shape index (κ3) is 2.90. The molecule has 0 saturated carbocycles. The molecule has 0 atom stereocenters. The molecule has 3 aromatic rings. The van der Waals surface area contributed by atoms with Crippen molar-refractivity contribution in [2.45, 2.75) is 13.5 Å². The number of rotatable bonds is 4. The first kappa shape index (κ1) is 13.6. The molecule has 0 aliphatic rings. The molecule has 0 bridgehead atoms. The molecular formula is C15H15N3O2S. The second-order valence-electron chi connectivity index (χ2n) is 4.74. The van der Waals surface area contributed by atoms with Crippen molar-refractivity contribution in [2.24, 2.45) is 0 Å². The molecule has 2 N–H and O–H groups in total. The largest absolute Gasteiger partial charge is 0.492 e. The highest BCUT2D eigenvalue weighted by molar-refractivity contribution is 7.18. The Morgan fingerprint density at radius 3 is 2.86 bits per heavy atom. The van der Waals surface area contributed by atoms with Crippen LogP contribution in [-0.2, 0) is 6.54 Å². The van der Waals surface area contributed by atoms with Crippen molar-refractivity contribution < 1.29 is 4.74 Å². The monoisotopic (exact) mass is 301 g/mol. The molecule has 0 aliphatic heterocycles. The van der Waals surface area contributed by atoms with Gasteiger partial charge in [0.15, 0.2) is 0 Å². The molecule has 21 heavy (non-hydrogen) atoms. The lowest BCUT2D eigenvalue weighted by Crippen LogP contribution is -2.23. The Hall–Kier alpha value is -2.34. The summed E-state index contributed by atoms with van der Waals surface area (Å²) in [5.41, 5.74) is 6.29. The third-order valence-electron chi connectivity index (χ3n) is 3.12. The Bertz CT molecular complexity index is 821. The summed E-state index contributed by atoms with van der Waals surface area (Å²) in [6.07, 6.45) is 1.58. The van der Waals surface area contributed by atoms with Gasteiger partial charge >= 0.3 is 0 Å². The molecule has 0 fully saturated rings. The highest BCUT2D eigenvalue weighted by Crippen LogP contribution is 2.19. The van der Waals surface area contributed by atoms with E-state index >= 15 is 0 Å². The Balaban J connectivity index is 1.72. The minimum atomic E-state index is -0.0229. The Morgan fingerprint density at radius 2 is 2.10 bits per heavy atom. The molecule has 3 rings (SSSR count). The maximum atomic E-state index is 12.3. The molecule has 2 aromatic heterocycles. The minimum absolute atomic E-state index is 0.0229. The smallest absolute Gasteiger partial charge is 0.262 e. The van der Waals surface area contributed by atoms with E-state index in [9.17, 15) is 4.79 Å². The number of benzene rings is 1. The molecule has 2 heterocycles. The summed E-state index contributed by atoms with van der Waals surface area (Å²) in [5.74, 6) is 0.734. The van der Waals surface area contributed by atoms with Crippen molar-refractivity contribution in [1.29, 1.82) is 0 Å². The number of nitrogens with zero attached hydrogens (tertiary/aromatic N) is 2. The number of ether oxygens (including phenoxy) is 1. The molecule has 0 aliphatic carbocycles. The van der Waals surface area contributed by atoms with E-state index in [0.717, 1.165) is 15.5 Å². The number of nitrogens with two attached hydrogens (primary N) is 1. The molecule has 0 radical (unpaired) electrons. The average Bonchev–Trinajstić information content (AvgIpc) is 2.85. The summed E-state index contributed by atoms with van der Waals surface area (Å²) in [6, 6.07) is 9.06. The van der Waals surface area contributed by atoms with Gasteiger partial charge in [-0.25, -0.2) is 4.98 Å². The molecule has 0 spiro atoms. The topological polar surface area (TPSA) is 70.1 Å². The number of anilines is 1. The molecule has 108 valence electrons. The number of aryl methyl sites for hydroxylation is 1. The predicted octanol–water partition coefficient (Wildman–Crippen LogP) is 2.43. The van der Waals surface area contributed by atoms with Gasteiger partial charge in [0.1, 0.15) is 17.2 Å². The van der Waals surface area contributed by atoms with E-state index in [2.05, 4.69) is 4.98 Å². The second-order valence-corrected chi connectivity index (χ2v) is 5.97. The average molecular weight is 301 g/mol. The van der Waals surface area contributed by atoms with Crippen LogP contribution in [0, 0.1) is 6.92 Å². The van der Waals surface area contributed by atoms with Crippen molar-refractivity contribution in [3.05, 3.63) is 51.9 Å². The van der Waals surface area contributed by atoms with E-state index in [-0.39, 0.29) is 5.56 Å². The number of aromatic nitrogens is 2. The molecule has 0 unspecified atom stereocenters. The lowest BCUT2D eigenvalue weighted by Gasteiger charge is -2.08. The number of fused-ring (bicyclic) bond motifs is 1. The van der Waals surface area contributed by atoms with Gasteiger partial charge in [-0.15, -0.1) is 11.3 Å². The van der Waals surface area contributed by atoms with Crippen LogP contribution in [0.15, 0.2) is 41.5 Å². The van der Waals surface area contributed by atoms with Crippen LogP contribution in [0.4, 0.5) is 5.69 Å². The first-order valence-electron chi connectivity index (χ1n) is 6.57. The van der Waals surface area contributed by atoms with Crippen LogP contribution >= 0.6 is 11.3 Å². The van der Waals surface area contributed by atoms with Crippen LogP contribution in [0.3, 0.4) is 0 Å². The lowest BCUT2D eigenvalue weighted by molar-refractivity contribution is 0.296. The number of hydrogen-bond acceptors (Lipinski definition) is 5. The summed E-state index contributed by atoms with van der Waals surface area (Å²) < 4.78 is 7.17. The van der Waals surface area contributed by atoms with Crippen LogP contribution in [0.5, 0.6) is 5.75 Å². The van der Waals surface area contributed by atoms with Crippen molar-refractivity contribution in [2.75, 3.05) is 12.3 Å². The molecule has 5 nitrogen and oxygen atoms in total. The van der Waals surface area contributed by atoms with E-state index in [0.29, 0.717) is 24.2 Å². The highest BCUT2D eigenvalue weighted by atomic mass is 32.1. The van der Waals surface area contributed by atoms with Crippen LogP contribution in [0.1, 0.15) is 4.88 Å². The maximum Gasteiger partial charge on any atom is 0.262 e. The first-order chi connectivity index (χ1) is 10.1. The SMILES string of the molecule is Cc1cc2c(=O)n(CCOc3ccc(N)cc3)cnc2s1. The van der Waals surface area contributed by atoms with Crippen molar-refractivity contribution in [3.8, 4) is 5.75 Å². The number of thiophene rings is 1. The van der Waals surface area contributed by atoms with Gasteiger partial charge in [-0.3, -0.25) is 9.36 Å². The van der Waals surface area contributed by atoms with Gasteiger partial charge in [0.05, 0.1) is 18.3 Å². The predicted molar refractivity (Wildman–Crippen MR) is 85.0 cm³/mol. The van der Waals surface area contributed by atoms with Crippen LogP contribution in [-0.4, -0.2) is 16.2 Å². The van der Waals surface area contributed by atoms with Gasteiger partial charge in [-0.05, 0) is 37.3 Å². The van der Waals surface area contributed by atoms with Crippen molar-refractivity contribution in [1.82, 2.24) is 9.55 Å². The Labute approximate surface area is 125 Å². The fourth-order valence-electron chi connectivity index (χ4n) is 2.07. The van der Waals surface area contributed by atoms with Gasteiger partial charge in [-0.1, -0.05) is 0 Å². The number of nitrogen functional groups attached to an aromatic ring is 1. The summed E-state index contributed by atoms with van der Waals surface area (Å²) in [4.78, 5) is 18.5. The van der Waals surface area contributed by atoms with Crippen molar-refractivity contribution >= 4 is 27.2 Å². The summed E-state index contributed by atoms with van der Waals surface area (Å²) in [6.45, 7) is 2.83. The van der Waals surface area contributed by atoms with E-state index < -0.39 is 0 Å². The van der Waals surface area contributed by atoms with Crippen LogP contribution in [0.2, 0.25) is 0 Å². The standard InChI is InChI=1S/C15H15N3O2S/c1-10-8-13-14(21-10)17-9-18(15(13)19)6-7-20-12-4-2-11(16)3-5-12/h2-5,8-9H,6-7,16H2,1H3. The molecule has 0 amide bonds. The van der Waals surface area contributed by atoms with Gasteiger partial charge in [-0.2, -0.15) is 0 Å². The van der Waals surface area contributed by atoms with Crippen molar-refractivity contribution in [3.63, 3.8) is 0 Å². The summed E-state index contributed by atoms with van der Waals surface area (Å²) in [7, 11) is 0. The number of hydrogen-bond donors (Lipinski definition) is 1. The van der Waals surface area contributed by atoms with Gasteiger partial charge in [0, 0.05) is 10.6 Å².